The van der Waals surface area contributed by atoms with Crippen LogP contribution in [0.4, 0.5) is 4.79 Å². The summed E-state index contributed by atoms with van der Waals surface area (Å²) in [6.07, 6.45) is 3.12. The van der Waals surface area contributed by atoms with Gasteiger partial charge in [0.05, 0.1) is 6.54 Å². The number of amides is 4. The van der Waals surface area contributed by atoms with Crippen molar-refractivity contribution in [1.29, 1.82) is 0 Å². The third-order valence-electron chi connectivity index (χ3n) is 4.64. The van der Waals surface area contributed by atoms with Gasteiger partial charge in [0.25, 0.3) is 0 Å². The first kappa shape index (κ1) is 18.7. The molecule has 2 aliphatic rings. The topological polar surface area (TPSA) is 81.8 Å². The van der Waals surface area contributed by atoms with E-state index in [1.165, 1.54) is 11.3 Å². The van der Waals surface area contributed by atoms with Gasteiger partial charge in [-0.1, -0.05) is 13.8 Å². The van der Waals surface area contributed by atoms with E-state index >= 15 is 0 Å². The average Bonchev–Trinajstić information content (AvgIpc) is 2.82. The zero-order valence-corrected chi connectivity index (χ0v) is 14.8. The van der Waals surface area contributed by atoms with E-state index in [0.29, 0.717) is 25.9 Å². The molecule has 2 atom stereocenters. The first-order valence-electron chi connectivity index (χ1n) is 9.03. The summed E-state index contributed by atoms with van der Waals surface area (Å²) < 4.78 is 0. The fourth-order valence-electron chi connectivity index (χ4n) is 3.67. The third kappa shape index (κ3) is 5.78. The molecule has 136 valence electrons. The number of hydrogen-bond acceptors (Lipinski definition) is 4. The molecule has 7 heteroatoms. The second kappa shape index (κ2) is 9.01. The molecule has 2 heterocycles. The number of hydrogen-bond donors (Lipinski definition) is 2. The monoisotopic (exact) mass is 338 g/mol. The smallest absolute Gasteiger partial charge is 0.324 e. The van der Waals surface area contributed by atoms with Crippen molar-refractivity contribution >= 4 is 17.8 Å². The van der Waals surface area contributed by atoms with Crippen molar-refractivity contribution < 1.29 is 14.4 Å². The number of piperidine rings is 1. The Balaban J connectivity index is 1.52. The summed E-state index contributed by atoms with van der Waals surface area (Å²) in [5, 5.41) is 5.39. The van der Waals surface area contributed by atoms with Crippen LogP contribution in [-0.2, 0) is 9.59 Å². The molecule has 0 radical (unpaired) electrons. The van der Waals surface area contributed by atoms with E-state index in [1.807, 2.05) is 0 Å². The number of urea groups is 1. The van der Waals surface area contributed by atoms with Gasteiger partial charge in [0.2, 0.25) is 11.8 Å². The average molecular weight is 338 g/mol. The normalized spacial score (nSPS) is 25.0. The van der Waals surface area contributed by atoms with Crippen LogP contribution >= 0.6 is 0 Å². The SMILES string of the molecule is CC1CC(C)CN(CCCNC(=O)CCCN2C(=O)CNC2=O)C1. The van der Waals surface area contributed by atoms with Crippen LogP contribution in [0.5, 0.6) is 0 Å². The molecule has 0 aromatic heterocycles. The van der Waals surface area contributed by atoms with Gasteiger partial charge in [0.15, 0.2) is 0 Å². The Hall–Kier alpha value is -1.63. The fourth-order valence-corrected chi connectivity index (χ4v) is 3.67. The molecule has 2 aliphatic heterocycles. The van der Waals surface area contributed by atoms with Crippen LogP contribution < -0.4 is 10.6 Å². The van der Waals surface area contributed by atoms with Crippen LogP contribution in [0, 0.1) is 11.8 Å². The third-order valence-corrected chi connectivity index (χ3v) is 4.64. The fraction of sp³-hybridized carbons (Fsp3) is 0.824. The van der Waals surface area contributed by atoms with Crippen LogP contribution in [0.1, 0.15) is 39.5 Å². The molecule has 2 fully saturated rings. The second-order valence-electron chi connectivity index (χ2n) is 7.22. The molecule has 7 nitrogen and oxygen atoms in total. The van der Waals surface area contributed by atoms with E-state index in [2.05, 4.69) is 29.4 Å². The predicted molar refractivity (Wildman–Crippen MR) is 91.4 cm³/mol. The lowest BCUT2D eigenvalue weighted by Gasteiger charge is -2.34. The minimum absolute atomic E-state index is 0.0116. The number of nitrogens with one attached hydrogen (secondary N) is 2. The first-order chi connectivity index (χ1) is 11.5. The van der Waals surface area contributed by atoms with Crippen molar-refractivity contribution in [1.82, 2.24) is 20.4 Å². The summed E-state index contributed by atoms with van der Waals surface area (Å²) in [5.74, 6) is 1.29. The number of rotatable bonds is 8. The Bertz CT molecular complexity index is 443. The number of carbonyl (C=O) groups excluding carboxylic acids is 3. The maximum absolute atomic E-state index is 11.8. The Morgan fingerprint density at radius 1 is 1.17 bits per heavy atom. The molecule has 0 bridgehead atoms. The van der Waals surface area contributed by atoms with E-state index in [4.69, 9.17) is 0 Å². The van der Waals surface area contributed by atoms with Crippen molar-refractivity contribution in [3.63, 3.8) is 0 Å². The summed E-state index contributed by atoms with van der Waals surface area (Å²) >= 11 is 0. The molecule has 0 aromatic carbocycles. The van der Waals surface area contributed by atoms with E-state index in [1.54, 1.807) is 0 Å². The largest absolute Gasteiger partial charge is 0.356 e. The highest BCUT2D eigenvalue weighted by Crippen LogP contribution is 2.20. The van der Waals surface area contributed by atoms with Gasteiger partial charge in [0.1, 0.15) is 0 Å². The van der Waals surface area contributed by atoms with Gasteiger partial charge in [-0.25, -0.2) is 4.79 Å². The first-order valence-corrected chi connectivity index (χ1v) is 9.03. The predicted octanol–water partition coefficient (Wildman–Crippen LogP) is 0.803. The van der Waals surface area contributed by atoms with Crippen LogP contribution in [0.2, 0.25) is 0 Å². The molecular formula is C17H30N4O3. The molecule has 24 heavy (non-hydrogen) atoms. The summed E-state index contributed by atoms with van der Waals surface area (Å²) in [5.41, 5.74) is 0. The highest BCUT2D eigenvalue weighted by atomic mass is 16.2. The van der Waals surface area contributed by atoms with Gasteiger partial charge in [-0.3, -0.25) is 14.5 Å². The van der Waals surface area contributed by atoms with Gasteiger partial charge < -0.3 is 15.5 Å². The maximum atomic E-state index is 11.8. The van der Waals surface area contributed by atoms with Crippen molar-refractivity contribution in [3.8, 4) is 0 Å². The van der Waals surface area contributed by atoms with Gasteiger partial charge >= 0.3 is 6.03 Å². The Morgan fingerprint density at radius 2 is 1.88 bits per heavy atom. The van der Waals surface area contributed by atoms with E-state index < -0.39 is 0 Å². The van der Waals surface area contributed by atoms with Crippen LogP contribution in [0.25, 0.3) is 0 Å². The summed E-state index contributed by atoms with van der Waals surface area (Å²) in [6.45, 7) is 9.00. The van der Waals surface area contributed by atoms with Crippen LogP contribution in [0.3, 0.4) is 0 Å². The minimum Gasteiger partial charge on any atom is -0.356 e. The zero-order valence-electron chi connectivity index (χ0n) is 14.8. The van der Waals surface area contributed by atoms with Crippen molar-refractivity contribution in [3.05, 3.63) is 0 Å². The van der Waals surface area contributed by atoms with Crippen LogP contribution in [0.15, 0.2) is 0 Å². The lowest BCUT2D eigenvalue weighted by atomic mass is 9.92. The Labute approximate surface area is 144 Å². The van der Waals surface area contributed by atoms with Crippen molar-refractivity contribution in [2.24, 2.45) is 11.8 Å². The molecule has 2 unspecified atom stereocenters. The van der Waals surface area contributed by atoms with Gasteiger partial charge in [0, 0.05) is 32.6 Å². The molecule has 4 amide bonds. The number of likely N-dealkylation sites (tertiary alicyclic amines) is 1. The zero-order chi connectivity index (χ0) is 17.5. The minimum atomic E-state index is -0.356. The lowest BCUT2D eigenvalue weighted by molar-refractivity contribution is -0.126. The maximum Gasteiger partial charge on any atom is 0.324 e. The Morgan fingerprint density at radius 3 is 2.50 bits per heavy atom. The molecule has 2 N–H and O–H groups in total. The second-order valence-corrected chi connectivity index (χ2v) is 7.22. The summed E-state index contributed by atoms with van der Waals surface area (Å²) in [6, 6.07) is -0.356. The van der Waals surface area contributed by atoms with Gasteiger partial charge in [-0.05, 0) is 37.6 Å². The molecule has 2 rings (SSSR count). The number of nitrogens with zero attached hydrogens (tertiary/aromatic N) is 2. The van der Waals surface area contributed by atoms with E-state index in [-0.39, 0.29) is 24.4 Å². The quantitative estimate of drug-likeness (QED) is 0.507. The number of carbonyl (C=O) groups is 3. The molecule has 0 saturated carbocycles. The Kier molecular flexibility index (Phi) is 7.02. The molecule has 0 aromatic rings. The molecule has 0 aliphatic carbocycles. The standard InChI is InChI=1S/C17H30N4O3/c1-13-9-14(2)12-20(11-13)7-4-6-18-15(22)5-3-8-21-16(23)10-19-17(21)24/h13-14H,3-12H2,1-2H3,(H,18,22)(H,19,24). The van der Waals surface area contributed by atoms with Gasteiger partial charge in [-0.15, -0.1) is 0 Å². The van der Waals surface area contributed by atoms with E-state index in [9.17, 15) is 14.4 Å². The highest BCUT2D eigenvalue weighted by Gasteiger charge is 2.27. The summed E-state index contributed by atoms with van der Waals surface area (Å²) in [7, 11) is 0. The van der Waals surface area contributed by atoms with Gasteiger partial charge in [-0.2, -0.15) is 0 Å². The molecular weight excluding hydrogens is 308 g/mol. The number of imide groups is 1. The van der Waals surface area contributed by atoms with E-state index in [0.717, 1.165) is 37.9 Å². The van der Waals surface area contributed by atoms with Crippen molar-refractivity contribution in [2.45, 2.75) is 39.5 Å². The lowest BCUT2D eigenvalue weighted by Crippen LogP contribution is -2.40. The molecule has 0 spiro atoms. The summed E-state index contributed by atoms with van der Waals surface area (Å²) in [4.78, 5) is 38.2. The van der Waals surface area contributed by atoms with Crippen LogP contribution in [-0.4, -0.2) is 66.9 Å². The highest BCUT2D eigenvalue weighted by molar-refractivity contribution is 6.01. The molecule has 2 saturated heterocycles. The van der Waals surface area contributed by atoms with Crippen molar-refractivity contribution in [2.75, 3.05) is 39.3 Å².